The molecule has 0 spiro atoms. The number of nitrogen functional groups attached to an aromatic ring is 1. The Morgan fingerprint density at radius 1 is 1.67 bits per heavy atom. The van der Waals surface area contributed by atoms with Crippen LogP contribution in [0.15, 0.2) is 12.5 Å². The Balaban J connectivity index is 2.08. The van der Waals surface area contributed by atoms with Crippen molar-refractivity contribution in [3.8, 4) is 0 Å². The van der Waals surface area contributed by atoms with Crippen molar-refractivity contribution in [3.63, 3.8) is 0 Å². The zero-order valence-electron chi connectivity index (χ0n) is 10.6. The van der Waals surface area contributed by atoms with Crippen molar-refractivity contribution in [2.24, 2.45) is 11.7 Å². The maximum Gasteiger partial charge on any atom is 0.142 e. The minimum Gasteiger partial charge on any atom is -0.384 e. The molecule has 1 aromatic rings. The molecule has 2 heterocycles. The van der Waals surface area contributed by atoms with Gasteiger partial charge in [-0.1, -0.05) is 0 Å². The average molecular weight is 249 g/mol. The van der Waals surface area contributed by atoms with Crippen molar-refractivity contribution < 1.29 is 4.74 Å². The summed E-state index contributed by atoms with van der Waals surface area (Å²) in [6.45, 7) is 2.52. The number of nitrogens with zero attached hydrogens (tertiary/aromatic N) is 3. The molecule has 1 unspecified atom stereocenters. The van der Waals surface area contributed by atoms with E-state index in [2.05, 4.69) is 9.97 Å². The van der Waals surface area contributed by atoms with E-state index in [1.54, 1.807) is 6.20 Å². The van der Waals surface area contributed by atoms with Gasteiger partial charge in [0.25, 0.3) is 0 Å². The fourth-order valence-corrected chi connectivity index (χ4v) is 2.24. The molecule has 0 aliphatic carbocycles. The molecule has 18 heavy (non-hydrogen) atoms. The van der Waals surface area contributed by atoms with E-state index in [0.717, 1.165) is 26.2 Å². The van der Waals surface area contributed by atoms with E-state index in [0.29, 0.717) is 17.3 Å². The zero-order chi connectivity index (χ0) is 13.0. The van der Waals surface area contributed by atoms with Gasteiger partial charge in [-0.3, -0.25) is 5.41 Å². The Kier molecular flexibility index (Phi) is 4.09. The van der Waals surface area contributed by atoms with Crippen LogP contribution < -0.4 is 10.6 Å². The summed E-state index contributed by atoms with van der Waals surface area (Å²) in [6, 6.07) is 0. The van der Waals surface area contributed by atoms with Crippen molar-refractivity contribution in [2.75, 3.05) is 31.7 Å². The standard InChI is InChI=1S/C12H19N5O/c1-17(6-9-3-2-4-18-7-9)12-10(11(13)14)5-15-8-16-12/h5,8-9H,2-4,6-7H2,1H3,(H3,13,14). The van der Waals surface area contributed by atoms with E-state index >= 15 is 0 Å². The highest BCUT2D eigenvalue weighted by atomic mass is 16.5. The minimum absolute atomic E-state index is 0.00246. The van der Waals surface area contributed by atoms with Gasteiger partial charge in [-0.05, 0) is 18.8 Å². The van der Waals surface area contributed by atoms with Crippen LogP contribution in [0.3, 0.4) is 0 Å². The lowest BCUT2D eigenvalue weighted by molar-refractivity contribution is 0.0576. The van der Waals surface area contributed by atoms with E-state index in [4.69, 9.17) is 15.9 Å². The molecule has 1 saturated heterocycles. The lowest BCUT2D eigenvalue weighted by atomic mass is 10.0. The quantitative estimate of drug-likeness (QED) is 0.603. The van der Waals surface area contributed by atoms with E-state index in [9.17, 15) is 0 Å². The molecule has 0 aromatic carbocycles. The number of anilines is 1. The normalized spacial score (nSPS) is 19.5. The van der Waals surface area contributed by atoms with Gasteiger partial charge in [-0.25, -0.2) is 9.97 Å². The first kappa shape index (κ1) is 12.8. The largest absolute Gasteiger partial charge is 0.384 e. The molecule has 2 rings (SSSR count). The topological polar surface area (TPSA) is 88.1 Å². The first-order valence-corrected chi connectivity index (χ1v) is 6.11. The van der Waals surface area contributed by atoms with Crippen molar-refractivity contribution in [1.29, 1.82) is 5.41 Å². The summed E-state index contributed by atoms with van der Waals surface area (Å²) in [5.41, 5.74) is 6.12. The molecule has 1 aliphatic rings. The zero-order valence-corrected chi connectivity index (χ0v) is 10.6. The Hall–Kier alpha value is -1.69. The number of nitrogens with two attached hydrogens (primary N) is 1. The van der Waals surface area contributed by atoms with E-state index in [1.807, 2.05) is 11.9 Å². The summed E-state index contributed by atoms with van der Waals surface area (Å²) < 4.78 is 5.47. The Bertz CT molecular complexity index is 417. The molecule has 6 nitrogen and oxygen atoms in total. The third-order valence-electron chi connectivity index (χ3n) is 3.13. The number of ether oxygens (including phenoxy) is 1. The van der Waals surface area contributed by atoms with Gasteiger partial charge in [0.1, 0.15) is 18.0 Å². The molecular formula is C12H19N5O. The molecule has 1 aliphatic heterocycles. The number of rotatable bonds is 4. The summed E-state index contributed by atoms with van der Waals surface area (Å²) in [5.74, 6) is 1.22. The fraction of sp³-hybridized carbons (Fsp3) is 0.583. The van der Waals surface area contributed by atoms with E-state index < -0.39 is 0 Å². The van der Waals surface area contributed by atoms with E-state index in [-0.39, 0.29) is 5.84 Å². The van der Waals surface area contributed by atoms with Crippen molar-refractivity contribution in [3.05, 3.63) is 18.1 Å². The second kappa shape index (κ2) is 5.77. The molecule has 0 amide bonds. The van der Waals surface area contributed by atoms with Crippen LogP contribution in [0.1, 0.15) is 18.4 Å². The predicted molar refractivity (Wildman–Crippen MR) is 69.9 cm³/mol. The van der Waals surface area contributed by atoms with Gasteiger partial charge in [0.2, 0.25) is 0 Å². The molecule has 1 atom stereocenters. The lowest BCUT2D eigenvalue weighted by Gasteiger charge is -2.28. The second-order valence-corrected chi connectivity index (χ2v) is 4.64. The predicted octanol–water partition coefficient (Wildman–Crippen LogP) is 0.623. The van der Waals surface area contributed by atoms with Gasteiger partial charge >= 0.3 is 0 Å². The van der Waals surface area contributed by atoms with Crippen molar-refractivity contribution in [1.82, 2.24) is 9.97 Å². The highest BCUT2D eigenvalue weighted by molar-refractivity contribution is 5.99. The summed E-state index contributed by atoms with van der Waals surface area (Å²) in [4.78, 5) is 10.2. The Labute approximate surface area is 107 Å². The fourth-order valence-electron chi connectivity index (χ4n) is 2.24. The SMILES string of the molecule is CN(CC1CCCOC1)c1ncncc1C(=N)N. The maximum atomic E-state index is 7.54. The number of amidine groups is 1. The summed E-state index contributed by atoms with van der Waals surface area (Å²) >= 11 is 0. The van der Waals surface area contributed by atoms with Gasteiger partial charge in [0.15, 0.2) is 0 Å². The molecule has 6 heteroatoms. The van der Waals surface area contributed by atoms with Crippen LogP contribution in [0.25, 0.3) is 0 Å². The summed E-state index contributed by atoms with van der Waals surface area (Å²) in [5, 5.41) is 7.54. The minimum atomic E-state index is -0.00246. The van der Waals surface area contributed by atoms with Crippen molar-refractivity contribution in [2.45, 2.75) is 12.8 Å². The lowest BCUT2D eigenvalue weighted by Crippen LogP contribution is -2.32. The van der Waals surface area contributed by atoms with Gasteiger partial charge in [-0.15, -0.1) is 0 Å². The third kappa shape index (κ3) is 2.95. The van der Waals surface area contributed by atoms with Gasteiger partial charge in [-0.2, -0.15) is 0 Å². The number of hydrogen-bond acceptors (Lipinski definition) is 5. The maximum absolute atomic E-state index is 7.54. The van der Waals surface area contributed by atoms with Crippen LogP contribution in [0, 0.1) is 11.3 Å². The molecule has 0 saturated carbocycles. The highest BCUT2D eigenvalue weighted by Gasteiger charge is 2.18. The number of aromatic nitrogens is 2. The van der Waals surface area contributed by atoms with Gasteiger partial charge in [0, 0.05) is 26.4 Å². The average Bonchev–Trinajstić information content (AvgIpc) is 2.40. The Morgan fingerprint density at radius 2 is 2.50 bits per heavy atom. The van der Waals surface area contributed by atoms with E-state index in [1.165, 1.54) is 12.7 Å². The van der Waals surface area contributed by atoms with Crippen LogP contribution >= 0.6 is 0 Å². The summed E-state index contributed by atoms with van der Waals surface area (Å²) in [7, 11) is 1.96. The van der Waals surface area contributed by atoms with Gasteiger partial charge in [0.05, 0.1) is 12.2 Å². The smallest absolute Gasteiger partial charge is 0.142 e. The molecule has 0 radical (unpaired) electrons. The van der Waals surface area contributed by atoms with Crippen LogP contribution in [0.4, 0.5) is 5.82 Å². The molecule has 98 valence electrons. The van der Waals surface area contributed by atoms with Crippen LogP contribution in [0.5, 0.6) is 0 Å². The van der Waals surface area contributed by atoms with Crippen molar-refractivity contribution >= 4 is 11.7 Å². The highest BCUT2D eigenvalue weighted by Crippen LogP contribution is 2.19. The van der Waals surface area contributed by atoms with Crippen LogP contribution in [-0.2, 0) is 4.74 Å². The third-order valence-corrected chi connectivity index (χ3v) is 3.13. The van der Waals surface area contributed by atoms with Crippen LogP contribution in [-0.4, -0.2) is 42.6 Å². The second-order valence-electron chi connectivity index (χ2n) is 4.64. The molecule has 1 aromatic heterocycles. The van der Waals surface area contributed by atoms with Gasteiger partial charge < -0.3 is 15.4 Å². The van der Waals surface area contributed by atoms with Crippen LogP contribution in [0.2, 0.25) is 0 Å². The number of hydrogen-bond donors (Lipinski definition) is 2. The molecule has 1 fully saturated rings. The first-order chi connectivity index (χ1) is 8.68. The number of nitrogens with one attached hydrogen (secondary N) is 1. The molecule has 0 bridgehead atoms. The monoisotopic (exact) mass is 249 g/mol. The molecule has 3 N–H and O–H groups in total. The molecular weight excluding hydrogens is 230 g/mol. The Morgan fingerprint density at radius 3 is 3.17 bits per heavy atom. The summed E-state index contributed by atoms with van der Waals surface area (Å²) in [6.07, 6.45) is 5.35. The first-order valence-electron chi connectivity index (χ1n) is 6.11.